The molecule has 0 saturated heterocycles. The number of benzene rings is 1. The van der Waals surface area contributed by atoms with Gasteiger partial charge in [0.1, 0.15) is 0 Å². The minimum absolute atomic E-state index is 0.255. The normalized spacial score (nSPS) is 11.0. The molecule has 0 aliphatic heterocycles. The molecule has 0 spiro atoms. The van der Waals surface area contributed by atoms with Crippen LogP contribution in [0.1, 0.15) is 5.56 Å². The van der Waals surface area contributed by atoms with Gasteiger partial charge in [0, 0.05) is 18.1 Å². The highest BCUT2D eigenvalue weighted by Crippen LogP contribution is 2.29. The van der Waals surface area contributed by atoms with E-state index in [0.29, 0.717) is 10.2 Å². The average molecular weight is 360 g/mol. The molecule has 1 heterocycles. The number of anilines is 2. The van der Waals surface area contributed by atoms with Gasteiger partial charge < -0.3 is 10.6 Å². The van der Waals surface area contributed by atoms with E-state index in [4.69, 9.17) is 0 Å². The van der Waals surface area contributed by atoms with Crippen LogP contribution in [-0.4, -0.2) is 11.0 Å². The maximum Gasteiger partial charge on any atom is 0.416 e. The third kappa shape index (κ3) is 4.19. The molecule has 2 amide bonds. The van der Waals surface area contributed by atoms with Crippen LogP contribution in [0.25, 0.3) is 0 Å². The summed E-state index contributed by atoms with van der Waals surface area (Å²) in [6.45, 7) is 0. The Morgan fingerprint density at radius 3 is 2.33 bits per heavy atom. The van der Waals surface area contributed by atoms with Crippen molar-refractivity contribution in [2.75, 3.05) is 10.6 Å². The lowest BCUT2D eigenvalue weighted by molar-refractivity contribution is -0.137. The van der Waals surface area contributed by atoms with Gasteiger partial charge in [-0.05, 0) is 46.3 Å². The number of rotatable bonds is 2. The number of alkyl halides is 3. The van der Waals surface area contributed by atoms with Gasteiger partial charge >= 0.3 is 12.2 Å². The molecule has 0 fully saturated rings. The van der Waals surface area contributed by atoms with Crippen molar-refractivity contribution in [3.8, 4) is 0 Å². The molecule has 0 radical (unpaired) electrons. The highest BCUT2D eigenvalue weighted by atomic mass is 79.9. The molecule has 0 bridgehead atoms. The summed E-state index contributed by atoms with van der Waals surface area (Å²) in [6, 6.07) is 5.18. The van der Waals surface area contributed by atoms with Crippen molar-refractivity contribution in [1.29, 1.82) is 0 Å². The highest BCUT2D eigenvalue weighted by molar-refractivity contribution is 9.10. The van der Waals surface area contributed by atoms with Crippen LogP contribution in [0, 0.1) is 0 Å². The van der Waals surface area contributed by atoms with Gasteiger partial charge in [-0.3, -0.25) is 4.98 Å². The van der Waals surface area contributed by atoms with E-state index < -0.39 is 17.8 Å². The zero-order chi connectivity index (χ0) is 15.5. The van der Waals surface area contributed by atoms with Crippen LogP contribution in [0.5, 0.6) is 0 Å². The Bertz CT molecular complexity index is 644. The quantitative estimate of drug-likeness (QED) is 0.828. The highest BCUT2D eigenvalue weighted by Gasteiger charge is 2.29. The standard InChI is InChI=1S/C13H9BrF3N3O/c14-10-7-18-6-5-11(10)20-12(21)19-9-3-1-8(2-4-9)13(15,16)17/h1-7H,(H2,18,19,20,21). The van der Waals surface area contributed by atoms with Gasteiger partial charge in [0.25, 0.3) is 0 Å². The summed E-state index contributed by atoms with van der Waals surface area (Å²) in [7, 11) is 0. The molecule has 0 unspecified atom stereocenters. The minimum atomic E-state index is -4.40. The van der Waals surface area contributed by atoms with Gasteiger partial charge in [-0.15, -0.1) is 0 Å². The van der Waals surface area contributed by atoms with Gasteiger partial charge in [-0.2, -0.15) is 13.2 Å². The first-order valence-electron chi connectivity index (χ1n) is 5.71. The van der Waals surface area contributed by atoms with Crippen molar-refractivity contribution in [3.05, 3.63) is 52.8 Å². The van der Waals surface area contributed by atoms with E-state index in [9.17, 15) is 18.0 Å². The lowest BCUT2D eigenvalue weighted by atomic mass is 10.2. The largest absolute Gasteiger partial charge is 0.416 e. The lowest BCUT2D eigenvalue weighted by Gasteiger charge is -2.10. The summed E-state index contributed by atoms with van der Waals surface area (Å²) in [4.78, 5) is 15.6. The topological polar surface area (TPSA) is 54.0 Å². The van der Waals surface area contributed by atoms with Crippen LogP contribution >= 0.6 is 15.9 Å². The van der Waals surface area contributed by atoms with Crippen molar-refractivity contribution >= 4 is 33.3 Å². The maximum atomic E-state index is 12.4. The van der Waals surface area contributed by atoms with Gasteiger partial charge in [0.2, 0.25) is 0 Å². The fourth-order valence-electron chi connectivity index (χ4n) is 1.50. The minimum Gasteiger partial charge on any atom is -0.308 e. The van der Waals surface area contributed by atoms with Crippen LogP contribution < -0.4 is 10.6 Å². The summed E-state index contributed by atoms with van der Waals surface area (Å²) in [5.41, 5.74) is -0.0228. The van der Waals surface area contributed by atoms with E-state index in [2.05, 4.69) is 31.5 Å². The zero-order valence-corrected chi connectivity index (χ0v) is 12.0. The summed E-state index contributed by atoms with van der Waals surface area (Å²) in [5, 5.41) is 4.98. The number of urea groups is 1. The van der Waals surface area contributed by atoms with Gasteiger partial charge in [-0.1, -0.05) is 0 Å². The van der Waals surface area contributed by atoms with Gasteiger partial charge in [0.15, 0.2) is 0 Å². The van der Waals surface area contributed by atoms with Crippen LogP contribution in [0.2, 0.25) is 0 Å². The average Bonchev–Trinajstić information content (AvgIpc) is 2.41. The number of aromatic nitrogens is 1. The monoisotopic (exact) mass is 359 g/mol. The molecule has 0 aliphatic carbocycles. The maximum absolute atomic E-state index is 12.4. The molecule has 4 nitrogen and oxygen atoms in total. The first kappa shape index (κ1) is 15.3. The predicted octanol–water partition coefficient (Wildman–Crippen LogP) is 4.51. The third-order valence-corrected chi connectivity index (χ3v) is 3.12. The Balaban J connectivity index is 2.02. The molecule has 2 N–H and O–H groups in total. The molecule has 0 aliphatic rings. The Labute approximate surface area is 126 Å². The molecule has 21 heavy (non-hydrogen) atoms. The summed E-state index contributed by atoms with van der Waals surface area (Å²) in [5.74, 6) is 0. The molecule has 2 aromatic rings. The Morgan fingerprint density at radius 1 is 1.10 bits per heavy atom. The SMILES string of the molecule is O=C(Nc1ccc(C(F)(F)F)cc1)Nc1ccncc1Br. The summed E-state index contributed by atoms with van der Waals surface area (Å²) >= 11 is 3.21. The molecular weight excluding hydrogens is 351 g/mol. The van der Waals surface area contributed by atoms with Gasteiger partial charge in [-0.25, -0.2) is 4.79 Å². The Morgan fingerprint density at radius 2 is 1.76 bits per heavy atom. The lowest BCUT2D eigenvalue weighted by Crippen LogP contribution is -2.19. The number of nitrogens with zero attached hydrogens (tertiary/aromatic N) is 1. The van der Waals surface area contributed by atoms with E-state index in [1.165, 1.54) is 24.5 Å². The summed E-state index contributed by atoms with van der Waals surface area (Å²) in [6.07, 6.45) is -1.39. The van der Waals surface area contributed by atoms with Gasteiger partial charge in [0.05, 0.1) is 15.7 Å². The van der Waals surface area contributed by atoms with Crippen LogP contribution in [0.4, 0.5) is 29.3 Å². The second kappa shape index (κ2) is 6.13. The fourth-order valence-corrected chi connectivity index (χ4v) is 1.85. The smallest absolute Gasteiger partial charge is 0.308 e. The van der Waals surface area contributed by atoms with Crippen LogP contribution in [0.15, 0.2) is 47.2 Å². The molecule has 1 aromatic carbocycles. The molecule has 0 saturated carbocycles. The number of nitrogens with one attached hydrogen (secondary N) is 2. The van der Waals surface area contributed by atoms with Crippen molar-refractivity contribution < 1.29 is 18.0 Å². The third-order valence-electron chi connectivity index (χ3n) is 2.49. The molecule has 8 heteroatoms. The number of pyridine rings is 1. The van der Waals surface area contributed by atoms with Crippen molar-refractivity contribution in [1.82, 2.24) is 4.98 Å². The number of carbonyl (C=O) groups excluding carboxylic acids is 1. The van der Waals surface area contributed by atoms with E-state index in [0.717, 1.165) is 12.1 Å². The van der Waals surface area contributed by atoms with Crippen molar-refractivity contribution in [3.63, 3.8) is 0 Å². The number of hydrogen-bond acceptors (Lipinski definition) is 2. The molecule has 0 atom stereocenters. The molecular formula is C13H9BrF3N3O. The van der Waals surface area contributed by atoms with Crippen LogP contribution in [0.3, 0.4) is 0 Å². The number of carbonyl (C=O) groups is 1. The second-order valence-electron chi connectivity index (χ2n) is 4.01. The van der Waals surface area contributed by atoms with E-state index in [1.807, 2.05) is 0 Å². The first-order valence-corrected chi connectivity index (χ1v) is 6.50. The Kier molecular flexibility index (Phi) is 4.46. The van der Waals surface area contributed by atoms with Crippen molar-refractivity contribution in [2.45, 2.75) is 6.18 Å². The number of amides is 2. The number of hydrogen-bond donors (Lipinski definition) is 2. The molecule has 2 rings (SSSR count). The van der Waals surface area contributed by atoms with E-state index in [1.54, 1.807) is 6.07 Å². The van der Waals surface area contributed by atoms with Crippen molar-refractivity contribution in [2.24, 2.45) is 0 Å². The predicted molar refractivity (Wildman–Crippen MR) is 76.0 cm³/mol. The summed E-state index contributed by atoms with van der Waals surface area (Å²) < 4.78 is 37.8. The Hall–Kier alpha value is -2.09. The molecule has 1 aromatic heterocycles. The van der Waals surface area contributed by atoms with E-state index in [-0.39, 0.29) is 5.69 Å². The first-order chi connectivity index (χ1) is 9.86. The second-order valence-corrected chi connectivity index (χ2v) is 4.86. The van der Waals surface area contributed by atoms with Crippen LogP contribution in [-0.2, 0) is 6.18 Å². The molecule has 110 valence electrons. The van der Waals surface area contributed by atoms with E-state index >= 15 is 0 Å². The number of halogens is 4. The zero-order valence-electron chi connectivity index (χ0n) is 10.4. The fraction of sp³-hybridized carbons (Fsp3) is 0.0769.